The van der Waals surface area contributed by atoms with Crippen LogP contribution in [0.2, 0.25) is 5.02 Å². The van der Waals surface area contributed by atoms with Gasteiger partial charge in [-0.15, -0.1) is 0 Å². The van der Waals surface area contributed by atoms with Crippen molar-refractivity contribution in [3.05, 3.63) is 104 Å². The molecule has 0 saturated carbocycles. The number of carbonyl (C=O) groups is 1. The summed E-state index contributed by atoms with van der Waals surface area (Å²) in [6.45, 7) is 0. The summed E-state index contributed by atoms with van der Waals surface area (Å²) in [5.41, 5.74) is 1.31. The lowest BCUT2D eigenvalue weighted by molar-refractivity contribution is -0.137. The van der Waals surface area contributed by atoms with E-state index in [2.05, 4.69) is 21.2 Å². The highest BCUT2D eigenvalue weighted by Crippen LogP contribution is 2.31. The molecule has 3 nitrogen and oxygen atoms in total. The maximum Gasteiger partial charge on any atom is 0.416 e. The largest absolute Gasteiger partial charge is 0.416 e. The van der Waals surface area contributed by atoms with Crippen molar-refractivity contribution in [2.45, 2.75) is 12.6 Å². The van der Waals surface area contributed by atoms with Gasteiger partial charge in [0.15, 0.2) is 0 Å². The van der Waals surface area contributed by atoms with Crippen LogP contribution in [0.25, 0.3) is 6.08 Å². The molecule has 0 bridgehead atoms. The van der Waals surface area contributed by atoms with Crippen molar-refractivity contribution in [2.24, 2.45) is 0 Å². The molecule has 0 aliphatic rings. The quantitative estimate of drug-likeness (QED) is 0.285. The molecule has 0 spiro atoms. The van der Waals surface area contributed by atoms with Crippen molar-refractivity contribution < 1.29 is 18.0 Å². The van der Waals surface area contributed by atoms with Gasteiger partial charge in [-0.05, 0) is 53.1 Å². The van der Waals surface area contributed by atoms with Gasteiger partial charge in [0.25, 0.3) is 5.91 Å². The van der Waals surface area contributed by atoms with E-state index in [1.54, 1.807) is 18.2 Å². The molecule has 0 fully saturated rings. The Balaban J connectivity index is 1.79. The van der Waals surface area contributed by atoms with E-state index in [1.165, 1.54) is 18.2 Å². The van der Waals surface area contributed by atoms with Gasteiger partial charge in [-0.3, -0.25) is 4.79 Å². The van der Waals surface area contributed by atoms with E-state index in [4.69, 9.17) is 11.6 Å². The first kappa shape index (κ1) is 23.6. The minimum absolute atomic E-state index is 0.0535. The van der Waals surface area contributed by atoms with E-state index >= 15 is 0 Å². The molecule has 0 radical (unpaired) electrons. The Morgan fingerprint density at radius 3 is 2.47 bits per heavy atom. The van der Waals surface area contributed by atoms with Crippen LogP contribution in [0.5, 0.6) is 0 Å². The Morgan fingerprint density at radius 2 is 1.81 bits per heavy atom. The highest BCUT2D eigenvalue weighted by atomic mass is 79.9. The van der Waals surface area contributed by atoms with Crippen molar-refractivity contribution in [1.82, 2.24) is 0 Å². The maximum atomic E-state index is 12.9. The number of nitriles is 1. The smallest absolute Gasteiger partial charge is 0.321 e. The lowest BCUT2D eigenvalue weighted by Crippen LogP contribution is -2.14. The fourth-order valence-electron chi connectivity index (χ4n) is 2.93. The first-order chi connectivity index (χ1) is 15.2. The van der Waals surface area contributed by atoms with E-state index in [-0.39, 0.29) is 11.3 Å². The number of anilines is 1. The minimum Gasteiger partial charge on any atom is -0.321 e. The number of alkyl halides is 3. The first-order valence-corrected chi connectivity index (χ1v) is 10.5. The summed E-state index contributed by atoms with van der Waals surface area (Å²) < 4.78 is 39.3. The summed E-state index contributed by atoms with van der Waals surface area (Å²) in [5, 5.41) is 12.4. The number of hydrogen-bond donors (Lipinski definition) is 1. The molecule has 0 aromatic heterocycles. The molecule has 0 unspecified atom stereocenters. The van der Waals surface area contributed by atoms with Gasteiger partial charge < -0.3 is 5.32 Å². The molecule has 1 N–H and O–H groups in total. The van der Waals surface area contributed by atoms with Gasteiger partial charge in [-0.1, -0.05) is 63.9 Å². The number of carbonyl (C=O) groups excluding carboxylic acids is 1. The SMILES string of the molecule is N#C/C(=C\c1ccc(Cc2ccccc2Cl)c(Br)c1)C(=O)Nc1cccc(C(F)(F)F)c1. The molecular formula is C24H15BrClF3N2O. The molecule has 0 aliphatic carbocycles. The van der Waals surface area contributed by atoms with E-state index in [0.29, 0.717) is 17.0 Å². The summed E-state index contributed by atoms with van der Waals surface area (Å²) in [6.07, 6.45) is -2.58. The molecule has 0 atom stereocenters. The Morgan fingerprint density at radius 1 is 1.06 bits per heavy atom. The van der Waals surface area contributed by atoms with Crippen LogP contribution in [-0.4, -0.2) is 5.91 Å². The van der Waals surface area contributed by atoms with Crippen LogP contribution in [0.15, 0.2) is 76.8 Å². The highest BCUT2D eigenvalue weighted by molar-refractivity contribution is 9.10. The molecule has 0 saturated heterocycles. The minimum atomic E-state index is -4.54. The Hall–Kier alpha value is -3.08. The summed E-state index contributed by atoms with van der Waals surface area (Å²) in [7, 11) is 0. The normalized spacial score (nSPS) is 11.7. The van der Waals surface area contributed by atoms with Crippen molar-refractivity contribution in [3.8, 4) is 6.07 Å². The van der Waals surface area contributed by atoms with E-state index in [1.807, 2.05) is 30.3 Å². The fraction of sp³-hybridized carbons (Fsp3) is 0.0833. The molecule has 1 amide bonds. The van der Waals surface area contributed by atoms with Crippen molar-refractivity contribution in [3.63, 3.8) is 0 Å². The Bertz CT molecular complexity index is 1230. The zero-order valence-corrected chi connectivity index (χ0v) is 18.7. The van der Waals surface area contributed by atoms with Crippen LogP contribution < -0.4 is 5.32 Å². The number of hydrogen-bond acceptors (Lipinski definition) is 2. The number of halogens is 5. The highest BCUT2D eigenvalue weighted by Gasteiger charge is 2.30. The lowest BCUT2D eigenvalue weighted by Gasteiger charge is -2.10. The van der Waals surface area contributed by atoms with Crippen LogP contribution in [-0.2, 0) is 17.4 Å². The molecule has 8 heteroatoms. The number of nitrogens with zero attached hydrogens (tertiary/aromatic N) is 1. The first-order valence-electron chi connectivity index (χ1n) is 9.29. The average Bonchev–Trinajstić information content (AvgIpc) is 2.74. The van der Waals surface area contributed by atoms with Gasteiger partial charge >= 0.3 is 6.18 Å². The number of benzene rings is 3. The Labute approximate surface area is 196 Å². The predicted octanol–water partition coefficient (Wildman–Crippen LogP) is 7.26. The molecule has 3 aromatic rings. The van der Waals surface area contributed by atoms with Crippen molar-refractivity contribution in [1.29, 1.82) is 5.26 Å². The van der Waals surface area contributed by atoms with E-state index in [9.17, 15) is 23.2 Å². The Kier molecular flexibility index (Phi) is 7.39. The maximum absolute atomic E-state index is 12.9. The monoisotopic (exact) mass is 518 g/mol. The molecule has 3 rings (SSSR count). The van der Waals surface area contributed by atoms with Gasteiger partial charge in [0.1, 0.15) is 11.6 Å². The summed E-state index contributed by atoms with van der Waals surface area (Å²) in [5.74, 6) is -0.803. The topological polar surface area (TPSA) is 52.9 Å². The van der Waals surface area contributed by atoms with Crippen LogP contribution in [0.4, 0.5) is 18.9 Å². The van der Waals surface area contributed by atoms with Crippen LogP contribution in [0.1, 0.15) is 22.3 Å². The third-order valence-electron chi connectivity index (χ3n) is 4.54. The second-order valence-corrected chi connectivity index (χ2v) is 8.08. The molecule has 32 heavy (non-hydrogen) atoms. The predicted molar refractivity (Wildman–Crippen MR) is 122 cm³/mol. The molecule has 0 heterocycles. The van der Waals surface area contributed by atoms with Crippen LogP contribution >= 0.6 is 27.5 Å². The van der Waals surface area contributed by atoms with Gasteiger partial charge in [-0.2, -0.15) is 18.4 Å². The average molecular weight is 520 g/mol. The van der Waals surface area contributed by atoms with Crippen LogP contribution in [0.3, 0.4) is 0 Å². The molecular weight excluding hydrogens is 505 g/mol. The van der Waals surface area contributed by atoms with E-state index in [0.717, 1.165) is 27.7 Å². The summed E-state index contributed by atoms with van der Waals surface area (Å²) >= 11 is 9.71. The van der Waals surface area contributed by atoms with E-state index < -0.39 is 17.6 Å². The summed E-state index contributed by atoms with van der Waals surface area (Å²) in [4.78, 5) is 12.4. The zero-order valence-electron chi connectivity index (χ0n) is 16.4. The van der Waals surface area contributed by atoms with Gasteiger partial charge in [0, 0.05) is 21.6 Å². The zero-order chi connectivity index (χ0) is 23.3. The van der Waals surface area contributed by atoms with Gasteiger partial charge in [0.2, 0.25) is 0 Å². The van der Waals surface area contributed by atoms with Crippen LogP contribution in [0, 0.1) is 11.3 Å². The van der Waals surface area contributed by atoms with Gasteiger partial charge in [0.05, 0.1) is 5.56 Å². The lowest BCUT2D eigenvalue weighted by atomic mass is 10.0. The third kappa shape index (κ3) is 6.00. The molecule has 0 aliphatic heterocycles. The van der Waals surface area contributed by atoms with Gasteiger partial charge in [-0.25, -0.2) is 0 Å². The molecule has 162 valence electrons. The van der Waals surface area contributed by atoms with Crippen molar-refractivity contribution >= 4 is 45.2 Å². The number of rotatable bonds is 5. The summed E-state index contributed by atoms with van der Waals surface area (Å²) in [6, 6.07) is 18.8. The second kappa shape index (κ2) is 10.0. The number of nitrogens with one attached hydrogen (secondary N) is 1. The standard InChI is InChI=1S/C24H15BrClF3N2O/c25-21-11-15(8-9-16(21)12-17-4-1-2-7-22(17)26)10-18(14-30)23(32)31-20-6-3-5-19(13-20)24(27,28)29/h1-11,13H,12H2,(H,31,32)/b18-10+. The molecule has 3 aromatic carbocycles. The number of amides is 1. The third-order valence-corrected chi connectivity index (χ3v) is 5.65. The van der Waals surface area contributed by atoms with Crippen molar-refractivity contribution in [2.75, 3.05) is 5.32 Å². The second-order valence-electron chi connectivity index (χ2n) is 6.82. The fourth-order valence-corrected chi connectivity index (χ4v) is 3.67.